The summed E-state index contributed by atoms with van der Waals surface area (Å²) in [6.07, 6.45) is 5.36. The Balaban J connectivity index is 4.08. The molecule has 0 aliphatic carbocycles. The summed E-state index contributed by atoms with van der Waals surface area (Å²) in [7, 11) is 0. The number of thioether (sulfide) groups is 1. The molecule has 2 nitrogen and oxygen atoms in total. The van der Waals surface area contributed by atoms with E-state index in [4.69, 9.17) is 0 Å². The Labute approximate surface area is 97.8 Å². The van der Waals surface area contributed by atoms with Gasteiger partial charge in [0, 0.05) is 5.25 Å². The van der Waals surface area contributed by atoms with Crippen LogP contribution in [0.1, 0.15) is 59.8 Å². The lowest BCUT2D eigenvalue weighted by Crippen LogP contribution is -2.32. The van der Waals surface area contributed by atoms with Crippen LogP contribution in [0.15, 0.2) is 0 Å². The van der Waals surface area contributed by atoms with E-state index in [2.05, 4.69) is 20.8 Å². The first-order valence-electron chi connectivity index (χ1n) is 5.83. The van der Waals surface area contributed by atoms with E-state index in [1.54, 1.807) is 11.8 Å². The molecule has 0 aromatic carbocycles. The number of carboxylic acids is 1. The van der Waals surface area contributed by atoms with Crippen molar-refractivity contribution < 1.29 is 9.90 Å². The summed E-state index contributed by atoms with van der Waals surface area (Å²) < 4.78 is -0.595. The van der Waals surface area contributed by atoms with E-state index in [-0.39, 0.29) is 0 Å². The summed E-state index contributed by atoms with van der Waals surface area (Å²) >= 11 is 1.57. The molecule has 0 fully saturated rings. The number of hydrogen-bond donors (Lipinski definition) is 1. The molecule has 1 atom stereocenters. The third-order valence-corrected chi connectivity index (χ3v) is 3.83. The first-order chi connectivity index (χ1) is 6.92. The molecule has 0 radical (unpaired) electrons. The normalized spacial score (nSPS) is 15.3. The largest absolute Gasteiger partial charge is 0.480 e. The van der Waals surface area contributed by atoms with Crippen molar-refractivity contribution in [2.45, 2.75) is 69.8 Å². The van der Waals surface area contributed by atoms with E-state index >= 15 is 0 Å². The third-order valence-electron chi connectivity index (χ3n) is 2.46. The number of hydrogen-bond acceptors (Lipinski definition) is 2. The SMILES string of the molecule is CCCCCCC(C)(SC(C)C)C(=O)O. The highest BCUT2D eigenvalue weighted by molar-refractivity contribution is 8.01. The van der Waals surface area contributed by atoms with Crippen molar-refractivity contribution >= 4 is 17.7 Å². The first kappa shape index (κ1) is 14.8. The van der Waals surface area contributed by atoms with Gasteiger partial charge < -0.3 is 5.11 Å². The summed E-state index contributed by atoms with van der Waals surface area (Å²) in [4.78, 5) is 11.2. The molecule has 0 rings (SSSR count). The smallest absolute Gasteiger partial charge is 0.319 e. The van der Waals surface area contributed by atoms with Gasteiger partial charge >= 0.3 is 5.97 Å². The average molecular weight is 232 g/mol. The zero-order valence-electron chi connectivity index (χ0n) is 10.4. The molecule has 1 N–H and O–H groups in total. The molecule has 3 heteroatoms. The fraction of sp³-hybridized carbons (Fsp3) is 0.917. The summed E-state index contributed by atoms with van der Waals surface area (Å²) in [5.41, 5.74) is 0. The molecule has 0 aliphatic heterocycles. The third kappa shape index (κ3) is 6.08. The Kier molecular flexibility index (Phi) is 7.07. The molecule has 0 amide bonds. The molecule has 0 aliphatic rings. The van der Waals surface area contributed by atoms with Crippen LogP contribution in [0.2, 0.25) is 0 Å². The summed E-state index contributed by atoms with van der Waals surface area (Å²) in [6, 6.07) is 0. The Morgan fingerprint density at radius 2 is 1.93 bits per heavy atom. The molecule has 0 bridgehead atoms. The highest BCUT2D eigenvalue weighted by Gasteiger charge is 2.33. The van der Waals surface area contributed by atoms with Crippen molar-refractivity contribution in [3.8, 4) is 0 Å². The van der Waals surface area contributed by atoms with Gasteiger partial charge in [0.15, 0.2) is 0 Å². The molecule has 15 heavy (non-hydrogen) atoms. The monoisotopic (exact) mass is 232 g/mol. The maximum absolute atomic E-state index is 11.2. The van der Waals surface area contributed by atoms with Gasteiger partial charge in [-0.1, -0.05) is 46.5 Å². The van der Waals surface area contributed by atoms with Crippen molar-refractivity contribution in [1.82, 2.24) is 0 Å². The number of aliphatic carboxylic acids is 1. The summed E-state index contributed by atoms with van der Waals surface area (Å²) in [6.45, 7) is 8.13. The lowest BCUT2D eigenvalue weighted by molar-refractivity contribution is -0.139. The number of rotatable bonds is 8. The Hall–Kier alpha value is -0.180. The van der Waals surface area contributed by atoms with Gasteiger partial charge in [0.1, 0.15) is 4.75 Å². The van der Waals surface area contributed by atoms with E-state index in [0.717, 1.165) is 19.3 Å². The second-order valence-corrected chi connectivity index (χ2v) is 6.59. The maximum Gasteiger partial charge on any atom is 0.319 e. The van der Waals surface area contributed by atoms with Gasteiger partial charge in [0.25, 0.3) is 0 Å². The van der Waals surface area contributed by atoms with Crippen LogP contribution in [0, 0.1) is 0 Å². The van der Waals surface area contributed by atoms with Crippen molar-refractivity contribution in [2.24, 2.45) is 0 Å². The zero-order chi connectivity index (χ0) is 11.9. The van der Waals surface area contributed by atoms with Gasteiger partial charge in [0.2, 0.25) is 0 Å². The second-order valence-electron chi connectivity index (χ2n) is 4.51. The number of carboxylic acid groups (broad SMARTS) is 1. The van der Waals surface area contributed by atoms with Crippen LogP contribution in [0.3, 0.4) is 0 Å². The number of unbranched alkanes of at least 4 members (excludes halogenated alkanes) is 3. The molecule has 90 valence electrons. The van der Waals surface area contributed by atoms with E-state index in [1.807, 2.05) is 6.92 Å². The predicted octanol–water partition coefficient (Wildman–Crippen LogP) is 3.94. The van der Waals surface area contributed by atoms with E-state index in [0.29, 0.717) is 5.25 Å². The van der Waals surface area contributed by atoms with Gasteiger partial charge in [-0.3, -0.25) is 4.79 Å². The van der Waals surface area contributed by atoms with Crippen molar-refractivity contribution in [3.05, 3.63) is 0 Å². The van der Waals surface area contributed by atoms with Crippen LogP contribution in [-0.2, 0) is 4.79 Å². The Bertz CT molecular complexity index is 192. The molecule has 1 unspecified atom stereocenters. The minimum Gasteiger partial charge on any atom is -0.480 e. The van der Waals surface area contributed by atoms with Crippen molar-refractivity contribution in [1.29, 1.82) is 0 Å². The van der Waals surface area contributed by atoms with Crippen molar-refractivity contribution in [2.75, 3.05) is 0 Å². The fourth-order valence-corrected chi connectivity index (χ4v) is 3.03. The quantitative estimate of drug-likeness (QED) is 0.644. The lowest BCUT2D eigenvalue weighted by atomic mass is 10.0. The van der Waals surface area contributed by atoms with Crippen LogP contribution in [-0.4, -0.2) is 21.1 Å². The summed E-state index contributed by atoms with van der Waals surface area (Å²) in [5, 5.41) is 9.59. The van der Waals surface area contributed by atoms with Gasteiger partial charge in [-0.2, -0.15) is 0 Å². The van der Waals surface area contributed by atoms with Crippen LogP contribution in [0.25, 0.3) is 0 Å². The standard InChI is InChI=1S/C12H24O2S/c1-5-6-7-8-9-12(4,11(13)14)15-10(2)3/h10H,5-9H2,1-4H3,(H,13,14). The highest BCUT2D eigenvalue weighted by atomic mass is 32.2. The van der Waals surface area contributed by atoms with Crippen LogP contribution >= 0.6 is 11.8 Å². The summed E-state index contributed by atoms with van der Waals surface area (Å²) in [5.74, 6) is -0.669. The van der Waals surface area contributed by atoms with E-state index in [9.17, 15) is 9.90 Å². The van der Waals surface area contributed by atoms with Crippen LogP contribution < -0.4 is 0 Å². The Morgan fingerprint density at radius 1 is 1.33 bits per heavy atom. The maximum atomic E-state index is 11.2. The molecule has 0 aromatic rings. The Morgan fingerprint density at radius 3 is 2.33 bits per heavy atom. The van der Waals surface area contributed by atoms with Gasteiger partial charge in [-0.05, 0) is 13.3 Å². The van der Waals surface area contributed by atoms with Gasteiger partial charge in [0.05, 0.1) is 0 Å². The van der Waals surface area contributed by atoms with E-state index < -0.39 is 10.7 Å². The number of carbonyl (C=O) groups is 1. The van der Waals surface area contributed by atoms with Crippen molar-refractivity contribution in [3.63, 3.8) is 0 Å². The zero-order valence-corrected chi connectivity index (χ0v) is 11.2. The first-order valence-corrected chi connectivity index (χ1v) is 6.71. The lowest BCUT2D eigenvalue weighted by Gasteiger charge is -2.26. The minimum absolute atomic E-state index is 0.372. The second kappa shape index (κ2) is 7.15. The fourth-order valence-electron chi connectivity index (χ4n) is 1.63. The molecule has 0 saturated carbocycles. The molecule has 0 saturated heterocycles. The minimum atomic E-state index is -0.669. The van der Waals surface area contributed by atoms with Crippen LogP contribution in [0.5, 0.6) is 0 Å². The molecule has 0 spiro atoms. The molecule has 0 heterocycles. The predicted molar refractivity (Wildman–Crippen MR) is 67.5 cm³/mol. The van der Waals surface area contributed by atoms with Crippen LogP contribution in [0.4, 0.5) is 0 Å². The molecule has 0 aromatic heterocycles. The topological polar surface area (TPSA) is 37.3 Å². The average Bonchev–Trinajstić information content (AvgIpc) is 2.11. The molecular weight excluding hydrogens is 208 g/mol. The molecular formula is C12H24O2S. The van der Waals surface area contributed by atoms with Gasteiger partial charge in [-0.25, -0.2) is 0 Å². The van der Waals surface area contributed by atoms with Gasteiger partial charge in [-0.15, -0.1) is 11.8 Å². The van der Waals surface area contributed by atoms with E-state index in [1.165, 1.54) is 12.8 Å². The highest BCUT2D eigenvalue weighted by Crippen LogP contribution is 2.34.